The summed E-state index contributed by atoms with van der Waals surface area (Å²) in [5.41, 5.74) is 2.35. The lowest BCUT2D eigenvalue weighted by molar-refractivity contribution is 0.0342. The summed E-state index contributed by atoms with van der Waals surface area (Å²) in [6.45, 7) is 6.02. The Balaban J connectivity index is 1.35. The van der Waals surface area contributed by atoms with E-state index in [1.807, 2.05) is 24.3 Å². The highest BCUT2D eigenvalue weighted by molar-refractivity contribution is 5.94. The topological polar surface area (TPSA) is 65.1 Å². The minimum atomic E-state index is -0.367. The smallest absolute Gasteiger partial charge is 0.321 e. The molecule has 3 amide bonds. The van der Waals surface area contributed by atoms with E-state index in [1.54, 1.807) is 9.80 Å². The molecule has 0 spiro atoms. The molecule has 8 heteroatoms. The summed E-state index contributed by atoms with van der Waals surface area (Å²) < 4.78 is 18.6. The molecule has 2 aromatic rings. The van der Waals surface area contributed by atoms with Gasteiger partial charge in [0.1, 0.15) is 5.82 Å². The van der Waals surface area contributed by atoms with Gasteiger partial charge in [0.15, 0.2) is 0 Å². The van der Waals surface area contributed by atoms with Crippen LogP contribution in [0.25, 0.3) is 0 Å². The van der Waals surface area contributed by atoms with Crippen LogP contribution in [0, 0.1) is 5.82 Å². The second-order valence-electron chi connectivity index (χ2n) is 8.12. The summed E-state index contributed by atoms with van der Waals surface area (Å²) in [6, 6.07) is 13.3. The maximum absolute atomic E-state index is 13.2. The number of carbonyl (C=O) groups is 2. The van der Waals surface area contributed by atoms with E-state index in [0.29, 0.717) is 38.2 Å². The number of amides is 3. The minimum Gasteiger partial charge on any atom is -0.379 e. The van der Waals surface area contributed by atoms with Crippen LogP contribution in [0.15, 0.2) is 48.5 Å². The standard InChI is InChI=1S/C24H29FN4O3/c25-21-8-6-19(7-9-21)23(30)28-10-3-11-29(13-12-28)24(31)26-22-5-2-1-4-20(22)18-27-14-16-32-17-15-27/h1-2,4-9H,3,10-18H2,(H,26,31). The van der Waals surface area contributed by atoms with Crippen LogP contribution in [0.4, 0.5) is 14.9 Å². The molecular weight excluding hydrogens is 411 g/mol. The number of carbonyl (C=O) groups excluding carboxylic acids is 2. The van der Waals surface area contributed by atoms with Crippen molar-refractivity contribution in [1.82, 2.24) is 14.7 Å². The van der Waals surface area contributed by atoms with Crippen LogP contribution < -0.4 is 5.32 Å². The maximum atomic E-state index is 13.2. The molecule has 32 heavy (non-hydrogen) atoms. The summed E-state index contributed by atoms with van der Waals surface area (Å²) in [7, 11) is 0. The van der Waals surface area contributed by atoms with Gasteiger partial charge in [0, 0.05) is 57.1 Å². The largest absolute Gasteiger partial charge is 0.379 e. The zero-order chi connectivity index (χ0) is 22.3. The van der Waals surface area contributed by atoms with Crippen molar-refractivity contribution < 1.29 is 18.7 Å². The van der Waals surface area contributed by atoms with Gasteiger partial charge in [-0.25, -0.2) is 9.18 Å². The van der Waals surface area contributed by atoms with E-state index in [0.717, 1.165) is 44.1 Å². The van der Waals surface area contributed by atoms with Crippen molar-refractivity contribution in [3.63, 3.8) is 0 Å². The second-order valence-corrected chi connectivity index (χ2v) is 8.12. The van der Waals surface area contributed by atoms with Crippen molar-refractivity contribution in [2.75, 3.05) is 57.8 Å². The molecule has 0 aliphatic carbocycles. The third-order valence-corrected chi connectivity index (χ3v) is 5.92. The first-order valence-corrected chi connectivity index (χ1v) is 11.1. The van der Waals surface area contributed by atoms with Gasteiger partial charge in [0.25, 0.3) is 5.91 Å². The van der Waals surface area contributed by atoms with Crippen LogP contribution in [-0.2, 0) is 11.3 Å². The molecule has 1 N–H and O–H groups in total. The van der Waals surface area contributed by atoms with E-state index in [-0.39, 0.29) is 17.8 Å². The fourth-order valence-electron chi connectivity index (χ4n) is 4.07. The van der Waals surface area contributed by atoms with E-state index in [1.165, 1.54) is 24.3 Å². The van der Waals surface area contributed by atoms with Gasteiger partial charge in [0.05, 0.1) is 13.2 Å². The van der Waals surface area contributed by atoms with Crippen molar-refractivity contribution in [3.8, 4) is 0 Å². The number of hydrogen-bond acceptors (Lipinski definition) is 4. The first-order chi connectivity index (χ1) is 15.6. The molecule has 0 unspecified atom stereocenters. The van der Waals surface area contributed by atoms with Gasteiger partial charge in [-0.3, -0.25) is 9.69 Å². The number of hydrogen-bond donors (Lipinski definition) is 1. The second kappa shape index (κ2) is 10.6. The molecule has 0 bridgehead atoms. The average molecular weight is 441 g/mol. The number of ether oxygens (including phenoxy) is 1. The number of para-hydroxylation sites is 1. The SMILES string of the molecule is O=C(Nc1ccccc1CN1CCOCC1)N1CCCN(C(=O)c2ccc(F)cc2)CC1. The highest BCUT2D eigenvalue weighted by Gasteiger charge is 2.23. The van der Waals surface area contributed by atoms with Gasteiger partial charge in [0.2, 0.25) is 0 Å². The van der Waals surface area contributed by atoms with E-state index >= 15 is 0 Å². The third-order valence-electron chi connectivity index (χ3n) is 5.92. The summed E-state index contributed by atoms with van der Waals surface area (Å²) >= 11 is 0. The predicted molar refractivity (Wildman–Crippen MR) is 120 cm³/mol. The zero-order valence-corrected chi connectivity index (χ0v) is 18.1. The maximum Gasteiger partial charge on any atom is 0.321 e. The van der Waals surface area contributed by atoms with Gasteiger partial charge >= 0.3 is 6.03 Å². The van der Waals surface area contributed by atoms with Crippen LogP contribution >= 0.6 is 0 Å². The van der Waals surface area contributed by atoms with Crippen molar-refractivity contribution in [1.29, 1.82) is 0 Å². The fourth-order valence-corrected chi connectivity index (χ4v) is 4.07. The summed E-state index contributed by atoms with van der Waals surface area (Å²) in [4.78, 5) is 31.5. The molecule has 2 fully saturated rings. The van der Waals surface area contributed by atoms with Crippen molar-refractivity contribution >= 4 is 17.6 Å². The normalized spacial score (nSPS) is 17.7. The molecule has 4 rings (SSSR count). The van der Waals surface area contributed by atoms with Gasteiger partial charge in [-0.2, -0.15) is 0 Å². The first-order valence-electron chi connectivity index (χ1n) is 11.1. The monoisotopic (exact) mass is 440 g/mol. The first kappa shape index (κ1) is 22.2. The lowest BCUT2D eigenvalue weighted by Crippen LogP contribution is -2.39. The molecular formula is C24H29FN4O3. The average Bonchev–Trinajstić information content (AvgIpc) is 3.08. The lowest BCUT2D eigenvalue weighted by Gasteiger charge is -2.28. The Labute approximate surface area is 187 Å². The highest BCUT2D eigenvalue weighted by atomic mass is 19.1. The van der Waals surface area contributed by atoms with Crippen molar-refractivity contribution in [2.24, 2.45) is 0 Å². The molecule has 0 radical (unpaired) electrons. The van der Waals surface area contributed by atoms with Gasteiger partial charge < -0.3 is 19.9 Å². The van der Waals surface area contributed by atoms with Crippen LogP contribution in [0.5, 0.6) is 0 Å². The number of halogens is 1. The molecule has 2 aliphatic heterocycles. The Morgan fingerprint density at radius 2 is 1.56 bits per heavy atom. The van der Waals surface area contributed by atoms with Gasteiger partial charge in [-0.15, -0.1) is 0 Å². The Bertz CT molecular complexity index is 931. The van der Waals surface area contributed by atoms with Crippen LogP contribution in [-0.4, -0.2) is 79.1 Å². The number of benzene rings is 2. The van der Waals surface area contributed by atoms with E-state index in [2.05, 4.69) is 10.2 Å². The van der Waals surface area contributed by atoms with Crippen molar-refractivity contribution in [3.05, 3.63) is 65.5 Å². The molecule has 2 saturated heterocycles. The molecule has 2 aliphatic rings. The fraction of sp³-hybridized carbons (Fsp3) is 0.417. The molecule has 0 saturated carbocycles. The number of morpholine rings is 1. The number of anilines is 1. The predicted octanol–water partition coefficient (Wildman–Crippen LogP) is 3.04. The van der Waals surface area contributed by atoms with E-state index < -0.39 is 0 Å². The summed E-state index contributed by atoms with van der Waals surface area (Å²) in [5.74, 6) is -0.503. The third kappa shape index (κ3) is 5.63. The lowest BCUT2D eigenvalue weighted by atomic mass is 10.1. The molecule has 0 atom stereocenters. The quantitative estimate of drug-likeness (QED) is 0.794. The number of nitrogens with one attached hydrogen (secondary N) is 1. The Hall–Kier alpha value is -2.97. The van der Waals surface area contributed by atoms with E-state index in [9.17, 15) is 14.0 Å². The minimum absolute atomic E-state index is 0.136. The van der Waals surface area contributed by atoms with Crippen LogP contribution in [0.1, 0.15) is 22.3 Å². The molecule has 170 valence electrons. The van der Waals surface area contributed by atoms with Gasteiger partial charge in [-0.05, 0) is 42.3 Å². The van der Waals surface area contributed by atoms with Crippen LogP contribution in [0.2, 0.25) is 0 Å². The Kier molecular flexibility index (Phi) is 7.34. The Morgan fingerprint density at radius 3 is 2.34 bits per heavy atom. The highest BCUT2D eigenvalue weighted by Crippen LogP contribution is 2.19. The summed E-state index contributed by atoms with van der Waals surface area (Å²) in [5, 5.41) is 3.06. The molecule has 0 aromatic heterocycles. The number of rotatable bonds is 4. The van der Waals surface area contributed by atoms with E-state index in [4.69, 9.17) is 4.74 Å². The van der Waals surface area contributed by atoms with Crippen molar-refractivity contribution in [2.45, 2.75) is 13.0 Å². The zero-order valence-electron chi connectivity index (χ0n) is 18.1. The Morgan fingerprint density at radius 1 is 0.875 bits per heavy atom. The number of urea groups is 1. The number of nitrogens with zero attached hydrogens (tertiary/aromatic N) is 3. The van der Waals surface area contributed by atoms with Gasteiger partial charge in [-0.1, -0.05) is 18.2 Å². The molecule has 7 nitrogen and oxygen atoms in total. The summed E-state index contributed by atoms with van der Waals surface area (Å²) in [6.07, 6.45) is 0.690. The van der Waals surface area contributed by atoms with Crippen LogP contribution in [0.3, 0.4) is 0 Å². The molecule has 2 aromatic carbocycles. The molecule has 2 heterocycles.